The number of benzene rings is 1. The average Bonchev–Trinajstić information content (AvgIpc) is 2.15. The minimum Gasteiger partial charge on any atom is -0.481 e. The summed E-state index contributed by atoms with van der Waals surface area (Å²) in [7, 11) is 0. The second-order valence-corrected chi connectivity index (χ2v) is 5.20. The van der Waals surface area contributed by atoms with Crippen molar-refractivity contribution in [1.29, 1.82) is 0 Å². The van der Waals surface area contributed by atoms with Crippen molar-refractivity contribution >= 4 is 27.6 Å². The van der Waals surface area contributed by atoms with E-state index in [1.165, 1.54) is 13.8 Å². The number of nitrogens with one attached hydrogen (secondary N) is 1. The van der Waals surface area contributed by atoms with Crippen LogP contribution in [0.15, 0.2) is 16.6 Å². The molecule has 17 heavy (non-hydrogen) atoms. The molecule has 0 amide bonds. The summed E-state index contributed by atoms with van der Waals surface area (Å²) >= 11 is 2.96. The number of hydrogen-bond acceptors (Lipinski definition) is 2. The predicted molar refractivity (Wildman–Crippen MR) is 64.0 cm³/mol. The van der Waals surface area contributed by atoms with Crippen LogP contribution < -0.4 is 5.32 Å². The van der Waals surface area contributed by atoms with E-state index in [0.717, 1.165) is 12.1 Å². The molecule has 0 atom stereocenters. The van der Waals surface area contributed by atoms with Crippen molar-refractivity contribution in [2.45, 2.75) is 13.8 Å². The van der Waals surface area contributed by atoms with Crippen molar-refractivity contribution < 1.29 is 18.7 Å². The Kier molecular flexibility index (Phi) is 4.08. The summed E-state index contributed by atoms with van der Waals surface area (Å²) in [5.74, 6) is -2.57. The van der Waals surface area contributed by atoms with Gasteiger partial charge in [0.15, 0.2) is 0 Å². The number of anilines is 1. The summed E-state index contributed by atoms with van der Waals surface area (Å²) in [5.41, 5.74) is -1.42. The molecule has 0 spiro atoms. The van der Waals surface area contributed by atoms with Gasteiger partial charge in [0, 0.05) is 11.0 Å². The van der Waals surface area contributed by atoms with Crippen molar-refractivity contribution in [1.82, 2.24) is 0 Å². The molecule has 6 heteroatoms. The summed E-state index contributed by atoms with van der Waals surface area (Å²) in [6, 6.07) is 2.22. The lowest BCUT2D eigenvalue weighted by Crippen LogP contribution is -2.32. The number of carbonyl (C=O) groups is 1. The Labute approximate surface area is 106 Å². The fourth-order valence-corrected chi connectivity index (χ4v) is 1.50. The monoisotopic (exact) mass is 307 g/mol. The van der Waals surface area contributed by atoms with Gasteiger partial charge < -0.3 is 10.4 Å². The number of halogens is 3. The molecule has 0 aromatic heterocycles. The van der Waals surface area contributed by atoms with Crippen LogP contribution in [0.4, 0.5) is 14.5 Å². The molecule has 0 aliphatic carbocycles. The molecular weight excluding hydrogens is 296 g/mol. The van der Waals surface area contributed by atoms with E-state index in [4.69, 9.17) is 5.11 Å². The second kappa shape index (κ2) is 5.00. The Balaban J connectivity index is 2.87. The zero-order valence-electron chi connectivity index (χ0n) is 9.35. The van der Waals surface area contributed by atoms with Crippen molar-refractivity contribution in [3.05, 3.63) is 28.2 Å². The van der Waals surface area contributed by atoms with Crippen molar-refractivity contribution in [2.75, 3.05) is 11.9 Å². The Bertz CT molecular complexity index is 426. The van der Waals surface area contributed by atoms with Crippen molar-refractivity contribution in [3.63, 3.8) is 0 Å². The third kappa shape index (κ3) is 3.39. The van der Waals surface area contributed by atoms with Crippen LogP contribution in [-0.4, -0.2) is 17.6 Å². The fourth-order valence-electron chi connectivity index (χ4n) is 1.10. The standard InChI is InChI=1S/C11H12BrF2NO2/c1-11(2,10(16)17)5-15-9-7(13)3-6(12)4-8(9)14/h3-4,15H,5H2,1-2H3,(H,16,17). The molecule has 1 aromatic carbocycles. The molecule has 0 saturated carbocycles. The molecular formula is C11H12BrF2NO2. The smallest absolute Gasteiger partial charge is 0.310 e. The van der Waals surface area contributed by atoms with Gasteiger partial charge in [-0.3, -0.25) is 4.79 Å². The van der Waals surface area contributed by atoms with E-state index in [-0.39, 0.29) is 16.7 Å². The van der Waals surface area contributed by atoms with Crippen LogP contribution in [0.3, 0.4) is 0 Å². The number of carboxylic acids is 1. The maximum atomic E-state index is 13.4. The molecule has 94 valence electrons. The van der Waals surface area contributed by atoms with Gasteiger partial charge in [-0.2, -0.15) is 0 Å². The van der Waals surface area contributed by atoms with Crippen LogP contribution in [0.5, 0.6) is 0 Å². The van der Waals surface area contributed by atoms with E-state index in [2.05, 4.69) is 21.2 Å². The molecule has 3 nitrogen and oxygen atoms in total. The topological polar surface area (TPSA) is 49.3 Å². The van der Waals surface area contributed by atoms with Gasteiger partial charge in [0.2, 0.25) is 0 Å². The molecule has 0 bridgehead atoms. The summed E-state index contributed by atoms with van der Waals surface area (Å²) < 4.78 is 27.1. The third-order valence-electron chi connectivity index (χ3n) is 2.29. The van der Waals surface area contributed by atoms with Gasteiger partial charge in [0.05, 0.1) is 5.41 Å². The lowest BCUT2D eigenvalue weighted by Gasteiger charge is -2.20. The molecule has 0 heterocycles. The predicted octanol–water partition coefficient (Wildman–Crippen LogP) is 3.25. The Morgan fingerprint density at radius 2 is 1.88 bits per heavy atom. The first-order chi connectivity index (χ1) is 7.74. The highest BCUT2D eigenvalue weighted by atomic mass is 79.9. The highest BCUT2D eigenvalue weighted by Crippen LogP contribution is 2.25. The normalized spacial score (nSPS) is 11.4. The molecule has 0 radical (unpaired) electrons. The van der Waals surface area contributed by atoms with E-state index in [1.54, 1.807) is 0 Å². The van der Waals surface area contributed by atoms with Crippen molar-refractivity contribution in [3.8, 4) is 0 Å². The molecule has 1 rings (SSSR count). The number of rotatable bonds is 4. The zero-order valence-corrected chi connectivity index (χ0v) is 10.9. The molecule has 0 unspecified atom stereocenters. The van der Waals surface area contributed by atoms with Crippen LogP contribution in [0.25, 0.3) is 0 Å². The average molecular weight is 308 g/mol. The Morgan fingerprint density at radius 1 is 1.41 bits per heavy atom. The first-order valence-electron chi connectivity index (χ1n) is 4.86. The SMILES string of the molecule is CC(C)(CNc1c(F)cc(Br)cc1F)C(=O)O. The summed E-state index contributed by atoms with van der Waals surface area (Å²) in [6.07, 6.45) is 0. The van der Waals surface area contributed by atoms with E-state index in [9.17, 15) is 13.6 Å². The number of hydrogen-bond donors (Lipinski definition) is 2. The van der Waals surface area contributed by atoms with Crippen molar-refractivity contribution in [2.24, 2.45) is 5.41 Å². The highest BCUT2D eigenvalue weighted by molar-refractivity contribution is 9.10. The van der Waals surface area contributed by atoms with Gasteiger partial charge >= 0.3 is 5.97 Å². The quantitative estimate of drug-likeness (QED) is 0.897. The second-order valence-electron chi connectivity index (χ2n) is 4.29. The molecule has 0 aliphatic heterocycles. The van der Waals surface area contributed by atoms with Crippen LogP contribution in [0.1, 0.15) is 13.8 Å². The third-order valence-corrected chi connectivity index (χ3v) is 2.75. The molecule has 0 fully saturated rings. The highest BCUT2D eigenvalue weighted by Gasteiger charge is 2.27. The lowest BCUT2D eigenvalue weighted by molar-refractivity contribution is -0.146. The first kappa shape index (κ1) is 13.9. The first-order valence-corrected chi connectivity index (χ1v) is 5.65. The van der Waals surface area contributed by atoms with E-state index < -0.39 is 23.0 Å². The maximum Gasteiger partial charge on any atom is 0.310 e. The Morgan fingerprint density at radius 3 is 2.29 bits per heavy atom. The van der Waals surface area contributed by atoms with Crippen LogP contribution in [-0.2, 0) is 4.79 Å². The zero-order chi connectivity index (χ0) is 13.2. The van der Waals surface area contributed by atoms with Crippen LogP contribution in [0, 0.1) is 17.0 Å². The molecule has 0 saturated heterocycles. The van der Waals surface area contributed by atoms with Gasteiger partial charge in [0.1, 0.15) is 17.3 Å². The van der Waals surface area contributed by atoms with Crippen LogP contribution in [0.2, 0.25) is 0 Å². The summed E-state index contributed by atoms with van der Waals surface area (Å²) in [6.45, 7) is 2.87. The van der Waals surface area contributed by atoms with E-state index >= 15 is 0 Å². The summed E-state index contributed by atoms with van der Waals surface area (Å²) in [5, 5.41) is 11.3. The van der Waals surface area contributed by atoms with Gasteiger partial charge in [-0.15, -0.1) is 0 Å². The van der Waals surface area contributed by atoms with Gasteiger partial charge in [-0.1, -0.05) is 15.9 Å². The summed E-state index contributed by atoms with van der Waals surface area (Å²) in [4.78, 5) is 10.8. The van der Waals surface area contributed by atoms with Gasteiger partial charge in [0.25, 0.3) is 0 Å². The van der Waals surface area contributed by atoms with E-state index in [1.807, 2.05) is 0 Å². The van der Waals surface area contributed by atoms with Gasteiger partial charge in [-0.05, 0) is 26.0 Å². The molecule has 2 N–H and O–H groups in total. The number of aliphatic carboxylic acids is 1. The van der Waals surface area contributed by atoms with Crippen LogP contribution >= 0.6 is 15.9 Å². The van der Waals surface area contributed by atoms with Gasteiger partial charge in [-0.25, -0.2) is 8.78 Å². The minimum atomic E-state index is -1.11. The maximum absolute atomic E-state index is 13.4. The molecule has 1 aromatic rings. The minimum absolute atomic E-state index is 0.0716. The number of carboxylic acid groups (broad SMARTS) is 1. The molecule has 0 aliphatic rings. The largest absolute Gasteiger partial charge is 0.481 e. The lowest BCUT2D eigenvalue weighted by atomic mass is 9.94. The Hall–Kier alpha value is -1.17. The van der Waals surface area contributed by atoms with E-state index in [0.29, 0.717) is 0 Å². The fraction of sp³-hybridized carbons (Fsp3) is 0.364.